The van der Waals surface area contributed by atoms with E-state index < -0.39 is 5.97 Å². The molecule has 112 valence electrons. The van der Waals surface area contributed by atoms with E-state index >= 15 is 0 Å². The maximum Gasteiger partial charge on any atom is 0.358 e. The van der Waals surface area contributed by atoms with Gasteiger partial charge in [-0.1, -0.05) is 38.1 Å². The standard InChI is InChI=1S/C15H19N3O3/c1-15(2,3)13-12(14(19)20)16-17-18(13)9-10-6-5-7-11(8-10)21-4/h5-8H,9H2,1-4H3,(H,19,20). The van der Waals surface area contributed by atoms with Gasteiger partial charge in [-0.3, -0.25) is 0 Å². The summed E-state index contributed by atoms with van der Waals surface area (Å²) >= 11 is 0. The Balaban J connectivity index is 2.42. The number of carbonyl (C=O) groups is 1. The van der Waals surface area contributed by atoms with Gasteiger partial charge in [-0.2, -0.15) is 0 Å². The first-order valence-corrected chi connectivity index (χ1v) is 6.63. The van der Waals surface area contributed by atoms with Crippen LogP contribution in [-0.2, 0) is 12.0 Å². The van der Waals surface area contributed by atoms with Crippen LogP contribution in [0.1, 0.15) is 42.5 Å². The van der Waals surface area contributed by atoms with Crippen LogP contribution < -0.4 is 4.74 Å². The third-order valence-electron chi connectivity index (χ3n) is 3.11. The van der Waals surface area contributed by atoms with Crippen molar-refractivity contribution in [3.8, 4) is 5.75 Å². The van der Waals surface area contributed by atoms with Gasteiger partial charge in [0.1, 0.15) is 5.75 Å². The Bertz CT molecular complexity index is 656. The van der Waals surface area contributed by atoms with Crippen molar-refractivity contribution >= 4 is 5.97 Å². The van der Waals surface area contributed by atoms with Crippen LogP contribution >= 0.6 is 0 Å². The summed E-state index contributed by atoms with van der Waals surface area (Å²) in [5, 5.41) is 17.1. The zero-order valence-electron chi connectivity index (χ0n) is 12.6. The van der Waals surface area contributed by atoms with Gasteiger partial charge in [0.05, 0.1) is 19.3 Å². The van der Waals surface area contributed by atoms with Crippen LogP contribution in [0.3, 0.4) is 0 Å². The lowest BCUT2D eigenvalue weighted by atomic mass is 9.90. The van der Waals surface area contributed by atoms with Crippen molar-refractivity contribution in [1.29, 1.82) is 0 Å². The average molecular weight is 289 g/mol. The zero-order chi connectivity index (χ0) is 15.6. The predicted octanol–water partition coefficient (Wildman–Crippen LogP) is 2.33. The number of nitrogens with zero attached hydrogens (tertiary/aromatic N) is 3. The van der Waals surface area contributed by atoms with Gasteiger partial charge in [-0.15, -0.1) is 5.10 Å². The fourth-order valence-corrected chi connectivity index (χ4v) is 2.25. The largest absolute Gasteiger partial charge is 0.497 e. The molecule has 6 heteroatoms. The Hall–Kier alpha value is -2.37. The highest BCUT2D eigenvalue weighted by Gasteiger charge is 2.28. The second kappa shape index (κ2) is 5.55. The number of carboxylic acids is 1. The Morgan fingerprint density at radius 2 is 2.10 bits per heavy atom. The molecule has 0 atom stereocenters. The predicted molar refractivity (Wildman–Crippen MR) is 77.8 cm³/mol. The first-order chi connectivity index (χ1) is 9.82. The lowest BCUT2D eigenvalue weighted by molar-refractivity contribution is 0.0687. The molecule has 2 rings (SSSR count). The van der Waals surface area contributed by atoms with Crippen LogP contribution in [0.2, 0.25) is 0 Å². The molecule has 1 aromatic heterocycles. The maximum atomic E-state index is 11.3. The number of hydrogen-bond acceptors (Lipinski definition) is 4. The highest BCUT2D eigenvalue weighted by atomic mass is 16.5. The molecule has 0 fully saturated rings. The molecule has 0 spiro atoms. The summed E-state index contributed by atoms with van der Waals surface area (Å²) < 4.78 is 6.83. The van der Waals surface area contributed by atoms with E-state index in [1.807, 2.05) is 45.0 Å². The molecule has 1 aromatic carbocycles. The van der Waals surface area contributed by atoms with E-state index in [0.29, 0.717) is 12.2 Å². The highest BCUT2D eigenvalue weighted by molar-refractivity contribution is 5.86. The fraction of sp³-hybridized carbons (Fsp3) is 0.400. The molecule has 1 heterocycles. The number of aromatic carboxylic acids is 1. The third kappa shape index (κ3) is 3.21. The lowest BCUT2D eigenvalue weighted by Gasteiger charge is -2.20. The number of aromatic nitrogens is 3. The van der Waals surface area contributed by atoms with Crippen molar-refractivity contribution in [3.05, 3.63) is 41.2 Å². The molecule has 1 N–H and O–H groups in total. The Kier molecular flexibility index (Phi) is 3.97. The average Bonchev–Trinajstić information content (AvgIpc) is 2.83. The molecule has 0 aliphatic carbocycles. The van der Waals surface area contributed by atoms with Crippen LogP contribution in [0.15, 0.2) is 24.3 Å². The van der Waals surface area contributed by atoms with Crippen LogP contribution in [0.25, 0.3) is 0 Å². The molecule has 0 amide bonds. The Labute approximate surface area is 123 Å². The summed E-state index contributed by atoms with van der Waals surface area (Å²) in [6.45, 7) is 6.28. The molecule has 0 saturated heterocycles. The van der Waals surface area contributed by atoms with Gasteiger partial charge in [0, 0.05) is 5.41 Å². The topological polar surface area (TPSA) is 77.2 Å². The molecule has 21 heavy (non-hydrogen) atoms. The number of methoxy groups -OCH3 is 1. The second-order valence-electron chi connectivity index (χ2n) is 5.85. The number of benzene rings is 1. The van der Waals surface area contributed by atoms with Crippen molar-refractivity contribution in [2.24, 2.45) is 0 Å². The molecule has 0 saturated carbocycles. The monoisotopic (exact) mass is 289 g/mol. The summed E-state index contributed by atoms with van der Waals surface area (Å²) in [6.07, 6.45) is 0. The van der Waals surface area contributed by atoms with Crippen LogP contribution in [-0.4, -0.2) is 33.2 Å². The number of rotatable bonds is 4. The summed E-state index contributed by atoms with van der Waals surface area (Å²) in [6, 6.07) is 7.59. The number of carboxylic acid groups (broad SMARTS) is 1. The minimum Gasteiger partial charge on any atom is -0.497 e. The minimum absolute atomic E-state index is 0.00500. The van der Waals surface area contributed by atoms with Crippen molar-refractivity contribution in [2.45, 2.75) is 32.7 Å². The maximum absolute atomic E-state index is 11.3. The molecule has 2 aromatic rings. The van der Waals surface area contributed by atoms with Crippen molar-refractivity contribution in [2.75, 3.05) is 7.11 Å². The van der Waals surface area contributed by atoms with Crippen molar-refractivity contribution in [1.82, 2.24) is 15.0 Å². The second-order valence-corrected chi connectivity index (χ2v) is 5.85. The van der Waals surface area contributed by atoms with Crippen molar-refractivity contribution in [3.63, 3.8) is 0 Å². The van der Waals surface area contributed by atoms with E-state index in [1.165, 1.54) is 0 Å². The first kappa shape index (κ1) is 15.0. The SMILES string of the molecule is COc1cccc(Cn2nnc(C(=O)O)c2C(C)(C)C)c1. The molecule has 0 aliphatic heterocycles. The van der Waals surface area contributed by atoms with Crippen LogP contribution in [0.5, 0.6) is 5.75 Å². The Morgan fingerprint density at radius 1 is 1.38 bits per heavy atom. The van der Waals surface area contributed by atoms with E-state index in [0.717, 1.165) is 11.3 Å². The molecule has 0 aliphatic rings. The normalized spacial score (nSPS) is 11.4. The minimum atomic E-state index is -1.06. The highest BCUT2D eigenvalue weighted by Crippen LogP contribution is 2.25. The van der Waals surface area contributed by atoms with E-state index in [2.05, 4.69) is 10.3 Å². The molecule has 0 bridgehead atoms. The van der Waals surface area contributed by atoms with Crippen LogP contribution in [0.4, 0.5) is 0 Å². The van der Waals surface area contributed by atoms with E-state index in [4.69, 9.17) is 4.74 Å². The molecule has 6 nitrogen and oxygen atoms in total. The molecular formula is C15H19N3O3. The van der Waals surface area contributed by atoms with E-state index in [1.54, 1.807) is 11.8 Å². The quantitative estimate of drug-likeness (QED) is 0.934. The van der Waals surface area contributed by atoms with Gasteiger partial charge in [-0.25, -0.2) is 9.48 Å². The smallest absolute Gasteiger partial charge is 0.358 e. The molecule has 0 unspecified atom stereocenters. The number of ether oxygens (including phenoxy) is 1. The first-order valence-electron chi connectivity index (χ1n) is 6.63. The van der Waals surface area contributed by atoms with Gasteiger partial charge < -0.3 is 9.84 Å². The zero-order valence-corrected chi connectivity index (χ0v) is 12.6. The Morgan fingerprint density at radius 3 is 2.67 bits per heavy atom. The van der Waals surface area contributed by atoms with Crippen LogP contribution in [0, 0.1) is 0 Å². The van der Waals surface area contributed by atoms with Gasteiger partial charge in [0.15, 0.2) is 5.69 Å². The van der Waals surface area contributed by atoms with Crippen molar-refractivity contribution < 1.29 is 14.6 Å². The lowest BCUT2D eigenvalue weighted by Crippen LogP contribution is -2.22. The van der Waals surface area contributed by atoms with Gasteiger partial charge >= 0.3 is 5.97 Å². The van der Waals surface area contributed by atoms with Gasteiger partial charge in [-0.05, 0) is 17.7 Å². The van der Waals surface area contributed by atoms with E-state index in [-0.39, 0.29) is 11.1 Å². The summed E-state index contributed by atoms with van der Waals surface area (Å²) in [4.78, 5) is 11.3. The van der Waals surface area contributed by atoms with Gasteiger partial charge in [0.2, 0.25) is 0 Å². The third-order valence-corrected chi connectivity index (χ3v) is 3.11. The number of hydrogen-bond donors (Lipinski definition) is 1. The van der Waals surface area contributed by atoms with E-state index in [9.17, 15) is 9.90 Å². The van der Waals surface area contributed by atoms with Gasteiger partial charge in [0.25, 0.3) is 0 Å². The molecular weight excluding hydrogens is 270 g/mol. The fourth-order valence-electron chi connectivity index (χ4n) is 2.25. The molecule has 0 radical (unpaired) electrons. The summed E-state index contributed by atoms with van der Waals surface area (Å²) in [7, 11) is 1.61. The summed E-state index contributed by atoms with van der Waals surface area (Å²) in [5.74, 6) is -0.305. The summed E-state index contributed by atoms with van der Waals surface area (Å²) in [5.41, 5.74) is 1.22.